The number of para-hydroxylation sites is 2. The molecule has 0 saturated heterocycles. The van der Waals surface area contributed by atoms with Crippen LogP contribution in [0.2, 0.25) is 0 Å². The average molecular weight is 278 g/mol. The van der Waals surface area contributed by atoms with Crippen molar-refractivity contribution in [2.75, 3.05) is 13.3 Å². The summed E-state index contributed by atoms with van der Waals surface area (Å²) >= 11 is 0. The van der Waals surface area contributed by atoms with E-state index in [1.807, 2.05) is 31.2 Å². The van der Waals surface area contributed by atoms with Crippen LogP contribution in [0.15, 0.2) is 24.3 Å². The normalized spacial score (nSPS) is 14.8. The highest BCUT2D eigenvalue weighted by atomic mass is 16.5. The number of carbonyl (C=O) groups excluding carboxylic acids is 1. The molecule has 5 nitrogen and oxygen atoms in total. The first-order chi connectivity index (χ1) is 9.79. The fourth-order valence-corrected chi connectivity index (χ4v) is 2.33. The van der Waals surface area contributed by atoms with E-state index in [0.717, 1.165) is 12.8 Å². The van der Waals surface area contributed by atoms with Gasteiger partial charge < -0.3 is 20.1 Å². The molecule has 1 aromatic carbocycles. The van der Waals surface area contributed by atoms with Gasteiger partial charge in [0, 0.05) is 6.04 Å². The van der Waals surface area contributed by atoms with Crippen LogP contribution in [0.4, 0.5) is 4.79 Å². The molecule has 0 radical (unpaired) electrons. The fourth-order valence-electron chi connectivity index (χ4n) is 2.33. The summed E-state index contributed by atoms with van der Waals surface area (Å²) in [6.07, 6.45) is 4.54. The van der Waals surface area contributed by atoms with Crippen molar-refractivity contribution < 1.29 is 14.3 Å². The van der Waals surface area contributed by atoms with Gasteiger partial charge in [0.15, 0.2) is 18.2 Å². The van der Waals surface area contributed by atoms with Crippen molar-refractivity contribution in [2.24, 2.45) is 0 Å². The first-order valence-electron chi connectivity index (χ1n) is 7.18. The van der Waals surface area contributed by atoms with Crippen molar-refractivity contribution in [3.05, 3.63) is 24.3 Å². The molecule has 1 aliphatic rings. The number of ether oxygens (including phenoxy) is 2. The summed E-state index contributed by atoms with van der Waals surface area (Å²) in [5.41, 5.74) is 0. The van der Waals surface area contributed by atoms with E-state index in [1.54, 1.807) is 0 Å². The van der Waals surface area contributed by atoms with E-state index in [1.165, 1.54) is 12.8 Å². The van der Waals surface area contributed by atoms with Gasteiger partial charge >= 0.3 is 6.03 Å². The molecule has 0 spiro atoms. The van der Waals surface area contributed by atoms with Crippen LogP contribution in [0.25, 0.3) is 0 Å². The maximum Gasteiger partial charge on any atom is 0.317 e. The molecule has 1 fully saturated rings. The number of benzene rings is 1. The molecule has 110 valence electrons. The van der Waals surface area contributed by atoms with Crippen molar-refractivity contribution >= 4 is 6.03 Å². The molecule has 2 N–H and O–H groups in total. The van der Waals surface area contributed by atoms with Crippen molar-refractivity contribution in [2.45, 2.75) is 38.6 Å². The summed E-state index contributed by atoms with van der Waals surface area (Å²) in [5, 5.41) is 5.64. The van der Waals surface area contributed by atoms with E-state index in [2.05, 4.69) is 10.6 Å². The summed E-state index contributed by atoms with van der Waals surface area (Å²) in [5.74, 6) is 1.32. The van der Waals surface area contributed by atoms with Gasteiger partial charge in [0.1, 0.15) is 0 Å². The third kappa shape index (κ3) is 4.33. The predicted octanol–water partition coefficient (Wildman–Crippen LogP) is 2.66. The Hall–Kier alpha value is -1.91. The highest BCUT2D eigenvalue weighted by Gasteiger charge is 2.16. The topological polar surface area (TPSA) is 59.6 Å². The molecular weight excluding hydrogens is 256 g/mol. The Bertz CT molecular complexity index is 431. The van der Waals surface area contributed by atoms with Crippen LogP contribution < -0.4 is 20.1 Å². The third-order valence-corrected chi connectivity index (χ3v) is 3.30. The molecule has 0 atom stereocenters. The number of carbonyl (C=O) groups is 1. The SMILES string of the molecule is CCOc1ccccc1OCNC(=O)NC1CCCC1. The van der Waals surface area contributed by atoms with Gasteiger partial charge in [0.05, 0.1) is 6.61 Å². The van der Waals surface area contributed by atoms with Gasteiger partial charge in [0.2, 0.25) is 0 Å². The molecule has 2 rings (SSSR count). The molecule has 0 aliphatic heterocycles. The Morgan fingerprint density at radius 2 is 1.85 bits per heavy atom. The van der Waals surface area contributed by atoms with Crippen molar-refractivity contribution in [3.8, 4) is 11.5 Å². The zero-order valence-corrected chi connectivity index (χ0v) is 11.9. The van der Waals surface area contributed by atoms with Crippen LogP contribution in [-0.2, 0) is 0 Å². The summed E-state index contributed by atoms with van der Waals surface area (Å²) in [4.78, 5) is 11.7. The van der Waals surface area contributed by atoms with E-state index >= 15 is 0 Å². The summed E-state index contributed by atoms with van der Waals surface area (Å²) in [7, 11) is 0. The smallest absolute Gasteiger partial charge is 0.317 e. The number of amides is 2. The lowest BCUT2D eigenvalue weighted by Gasteiger charge is -2.14. The lowest BCUT2D eigenvalue weighted by Crippen LogP contribution is -2.42. The maximum absolute atomic E-state index is 11.7. The van der Waals surface area contributed by atoms with Crippen LogP contribution in [0.1, 0.15) is 32.6 Å². The molecule has 20 heavy (non-hydrogen) atoms. The number of nitrogens with one attached hydrogen (secondary N) is 2. The molecule has 1 saturated carbocycles. The minimum absolute atomic E-state index is 0.128. The zero-order valence-electron chi connectivity index (χ0n) is 11.9. The van der Waals surface area contributed by atoms with Crippen LogP contribution in [-0.4, -0.2) is 25.4 Å². The van der Waals surface area contributed by atoms with Gasteiger partial charge in [-0.05, 0) is 31.9 Å². The van der Waals surface area contributed by atoms with Crippen LogP contribution in [0.5, 0.6) is 11.5 Å². The standard InChI is InChI=1S/C15H22N2O3/c1-2-19-13-9-5-6-10-14(13)20-11-16-15(18)17-12-7-3-4-8-12/h5-6,9-10,12H,2-4,7-8,11H2,1H3,(H2,16,17,18). The number of hydrogen-bond donors (Lipinski definition) is 2. The zero-order chi connectivity index (χ0) is 14.2. The molecule has 0 bridgehead atoms. The number of hydrogen-bond acceptors (Lipinski definition) is 3. The second kappa shape index (κ2) is 7.62. The van der Waals surface area contributed by atoms with E-state index in [9.17, 15) is 4.79 Å². The minimum Gasteiger partial charge on any atom is -0.490 e. The summed E-state index contributed by atoms with van der Waals surface area (Å²) in [6.45, 7) is 2.63. The highest BCUT2D eigenvalue weighted by molar-refractivity contribution is 5.74. The second-order valence-corrected chi connectivity index (χ2v) is 4.80. The second-order valence-electron chi connectivity index (χ2n) is 4.80. The van der Waals surface area contributed by atoms with Crippen LogP contribution in [0.3, 0.4) is 0 Å². The lowest BCUT2D eigenvalue weighted by atomic mass is 10.3. The maximum atomic E-state index is 11.7. The summed E-state index contributed by atoms with van der Waals surface area (Å²) < 4.78 is 11.0. The lowest BCUT2D eigenvalue weighted by molar-refractivity contribution is 0.217. The van der Waals surface area contributed by atoms with Gasteiger partial charge in [-0.3, -0.25) is 0 Å². The number of rotatable bonds is 6. The van der Waals surface area contributed by atoms with Gasteiger partial charge in [-0.2, -0.15) is 0 Å². The fraction of sp³-hybridized carbons (Fsp3) is 0.533. The molecule has 1 aromatic rings. The predicted molar refractivity (Wildman–Crippen MR) is 77.0 cm³/mol. The molecule has 0 unspecified atom stereocenters. The Morgan fingerprint density at radius 1 is 1.20 bits per heavy atom. The van der Waals surface area contributed by atoms with Gasteiger partial charge in [-0.15, -0.1) is 0 Å². The van der Waals surface area contributed by atoms with E-state index in [4.69, 9.17) is 9.47 Å². The van der Waals surface area contributed by atoms with Gasteiger partial charge in [-0.1, -0.05) is 25.0 Å². The number of urea groups is 1. The van der Waals surface area contributed by atoms with Crippen LogP contribution in [0, 0.1) is 0 Å². The molecule has 2 amide bonds. The largest absolute Gasteiger partial charge is 0.490 e. The molecule has 5 heteroatoms. The van der Waals surface area contributed by atoms with E-state index < -0.39 is 0 Å². The highest BCUT2D eigenvalue weighted by Crippen LogP contribution is 2.25. The average Bonchev–Trinajstić information content (AvgIpc) is 2.94. The van der Waals surface area contributed by atoms with Crippen LogP contribution >= 0.6 is 0 Å². The van der Waals surface area contributed by atoms with Crippen molar-refractivity contribution in [1.82, 2.24) is 10.6 Å². The van der Waals surface area contributed by atoms with E-state index in [0.29, 0.717) is 24.1 Å². The Morgan fingerprint density at radius 3 is 2.50 bits per heavy atom. The Labute approximate surface area is 119 Å². The first kappa shape index (κ1) is 14.5. The summed E-state index contributed by atoms with van der Waals surface area (Å²) in [6, 6.07) is 7.56. The van der Waals surface area contributed by atoms with Gasteiger partial charge in [-0.25, -0.2) is 4.79 Å². The third-order valence-electron chi connectivity index (χ3n) is 3.30. The van der Waals surface area contributed by atoms with Crippen molar-refractivity contribution in [1.29, 1.82) is 0 Å². The first-order valence-corrected chi connectivity index (χ1v) is 7.18. The molecule has 1 aliphatic carbocycles. The Balaban J connectivity index is 1.73. The quantitative estimate of drug-likeness (QED) is 0.786. The molecular formula is C15H22N2O3. The Kier molecular flexibility index (Phi) is 5.53. The van der Waals surface area contributed by atoms with Gasteiger partial charge in [0.25, 0.3) is 0 Å². The molecule has 0 heterocycles. The monoisotopic (exact) mass is 278 g/mol. The van der Waals surface area contributed by atoms with Crippen molar-refractivity contribution in [3.63, 3.8) is 0 Å². The van der Waals surface area contributed by atoms with E-state index in [-0.39, 0.29) is 12.8 Å². The molecule has 0 aromatic heterocycles. The minimum atomic E-state index is -0.175.